The third-order valence-electron chi connectivity index (χ3n) is 4.35. The quantitative estimate of drug-likeness (QED) is 0.843. The standard InChI is InChI=1S/C18H23N3O3/c1-3-16-19-18(24-20-16)14-9-6-7-11-21(14)17(22)12-23-15-10-5-4-8-13(15)2/h4-5,8,10,14H,3,6-7,9,11-12H2,1-2H3. The number of benzene rings is 1. The van der Waals surface area contributed by atoms with E-state index in [1.54, 1.807) is 0 Å². The van der Waals surface area contributed by atoms with Gasteiger partial charge in [0.15, 0.2) is 12.4 Å². The van der Waals surface area contributed by atoms with Crippen molar-refractivity contribution in [3.8, 4) is 5.75 Å². The number of likely N-dealkylation sites (tertiary alicyclic amines) is 1. The minimum absolute atomic E-state index is 0.0239. The second-order valence-electron chi connectivity index (χ2n) is 6.06. The lowest BCUT2D eigenvalue weighted by molar-refractivity contribution is -0.138. The van der Waals surface area contributed by atoms with E-state index in [0.717, 1.165) is 37.0 Å². The summed E-state index contributed by atoms with van der Waals surface area (Å²) in [6.45, 7) is 4.67. The van der Waals surface area contributed by atoms with E-state index in [4.69, 9.17) is 9.26 Å². The maximum Gasteiger partial charge on any atom is 0.261 e. The Morgan fingerprint density at radius 2 is 2.21 bits per heavy atom. The highest BCUT2D eigenvalue weighted by Gasteiger charge is 2.32. The molecule has 3 rings (SSSR count). The molecule has 2 heterocycles. The smallest absolute Gasteiger partial charge is 0.261 e. The van der Waals surface area contributed by atoms with Crippen LogP contribution >= 0.6 is 0 Å². The highest BCUT2D eigenvalue weighted by molar-refractivity contribution is 5.78. The van der Waals surface area contributed by atoms with E-state index in [-0.39, 0.29) is 18.6 Å². The van der Waals surface area contributed by atoms with Gasteiger partial charge in [0, 0.05) is 13.0 Å². The molecule has 0 aliphatic carbocycles. The van der Waals surface area contributed by atoms with E-state index in [1.165, 1.54) is 0 Å². The van der Waals surface area contributed by atoms with Crippen molar-refractivity contribution >= 4 is 5.91 Å². The number of carbonyl (C=O) groups is 1. The fourth-order valence-corrected chi connectivity index (χ4v) is 2.97. The van der Waals surface area contributed by atoms with Crippen molar-refractivity contribution in [2.24, 2.45) is 0 Å². The molecule has 1 amide bonds. The Bertz CT molecular complexity index is 698. The van der Waals surface area contributed by atoms with Gasteiger partial charge in [-0.3, -0.25) is 4.79 Å². The van der Waals surface area contributed by atoms with Gasteiger partial charge in [0.25, 0.3) is 5.91 Å². The molecule has 0 spiro atoms. The fourth-order valence-electron chi connectivity index (χ4n) is 2.97. The van der Waals surface area contributed by atoms with Crippen LogP contribution in [-0.4, -0.2) is 34.1 Å². The predicted octanol–water partition coefficient (Wildman–Crippen LogP) is 3.07. The van der Waals surface area contributed by atoms with E-state index in [0.29, 0.717) is 18.3 Å². The molecular formula is C18H23N3O3. The van der Waals surface area contributed by atoms with Gasteiger partial charge in [0.05, 0.1) is 0 Å². The van der Waals surface area contributed by atoms with Gasteiger partial charge in [0.2, 0.25) is 5.89 Å². The van der Waals surface area contributed by atoms with Crippen LogP contribution in [0.5, 0.6) is 5.75 Å². The largest absolute Gasteiger partial charge is 0.484 e. The van der Waals surface area contributed by atoms with Crippen LogP contribution in [0, 0.1) is 6.92 Å². The zero-order valence-corrected chi connectivity index (χ0v) is 14.2. The fraction of sp³-hybridized carbons (Fsp3) is 0.500. The first-order chi connectivity index (χ1) is 11.7. The summed E-state index contributed by atoms with van der Waals surface area (Å²) in [5.41, 5.74) is 1.02. The molecular weight excluding hydrogens is 306 g/mol. The minimum Gasteiger partial charge on any atom is -0.484 e. The van der Waals surface area contributed by atoms with Crippen LogP contribution in [0.25, 0.3) is 0 Å². The van der Waals surface area contributed by atoms with Crippen molar-refractivity contribution in [3.05, 3.63) is 41.5 Å². The Balaban J connectivity index is 1.68. The van der Waals surface area contributed by atoms with Crippen LogP contribution in [0.1, 0.15) is 49.5 Å². The molecule has 1 aromatic carbocycles. The minimum atomic E-state index is -0.139. The molecule has 24 heavy (non-hydrogen) atoms. The van der Waals surface area contributed by atoms with Crippen molar-refractivity contribution in [1.82, 2.24) is 15.0 Å². The summed E-state index contributed by atoms with van der Waals surface area (Å²) in [5.74, 6) is 1.92. The maximum atomic E-state index is 12.7. The van der Waals surface area contributed by atoms with E-state index >= 15 is 0 Å². The van der Waals surface area contributed by atoms with E-state index in [9.17, 15) is 4.79 Å². The molecule has 2 aromatic rings. The van der Waals surface area contributed by atoms with Gasteiger partial charge in [0.1, 0.15) is 11.8 Å². The number of aromatic nitrogens is 2. The average molecular weight is 329 g/mol. The first-order valence-corrected chi connectivity index (χ1v) is 8.49. The molecule has 1 saturated heterocycles. The molecule has 1 unspecified atom stereocenters. The summed E-state index contributed by atoms with van der Waals surface area (Å²) >= 11 is 0. The van der Waals surface area contributed by atoms with Crippen molar-refractivity contribution in [1.29, 1.82) is 0 Å². The first-order valence-electron chi connectivity index (χ1n) is 8.49. The number of carbonyl (C=O) groups excluding carboxylic acids is 1. The van der Waals surface area contributed by atoms with Crippen molar-refractivity contribution < 1.29 is 14.1 Å². The summed E-state index contributed by atoms with van der Waals surface area (Å²) in [6, 6.07) is 7.56. The molecule has 6 nitrogen and oxygen atoms in total. The zero-order chi connectivity index (χ0) is 16.9. The van der Waals surface area contributed by atoms with Gasteiger partial charge in [-0.25, -0.2) is 0 Å². The Morgan fingerprint density at radius 1 is 1.38 bits per heavy atom. The van der Waals surface area contributed by atoms with Crippen LogP contribution in [0.15, 0.2) is 28.8 Å². The maximum absolute atomic E-state index is 12.7. The van der Waals surface area contributed by atoms with Crippen LogP contribution in [0.2, 0.25) is 0 Å². The number of rotatable bonds is 5. The summed E-state index contributed by atoms with van der Waals surface area (Å²) < 4.78 is 11.1. The summed E-state index contributed by atoms with van der Waals surface area (Å²) in [7, 11) is 0. The molecule has 1 fully saturated rings. The predicted molar refractivity (Wildman–Crippen MR) is 88.7 cm³/mol. The zero-order valence-electron chi connectivity index (χ0n) is 14.2. The van der Waals surface area contributed by atoms with E-state index in [1.807, 2.05) is 43.0 Å². The van der Waals surface area contributed by atoms with Gasteiger partial charge in [-0.2, -0.15) is 4.98 Å². The molecule has 0 bridgehead atoms. The Kier molecular flexibility index (Phi) is 5.13. The lowest BCUT2D eigenvalue weighted by Crippen LogP contribution is -2.41. The SMILES string of the molecule is CCc1noc(C2CCCCN2C(=O)COc2ccccc2C)n1. The number of aryl methyl sites for hydroxylation is 2. The van der Waals surface area contributed by atoms with Crippen LogP contribution in [0.3, 0.4) is 0 Å². The Morgan fingerprint density at radius 3 is 2.96 bits per heavy atom. The normalized spacial score (nSPS) is 17.8. The number of ether oxygens (including phenoxy) is 1. The first kappa shape index (κ1) is 16.5. The van der Waals surface area contributed by atoms with E-state index < -0.39 is 0 Å². The second kappa shape index (κ2) is 7.47. The highest BCUT2D eigenvalue weighted by Crippen LogP contribution is 2.30. The number of hydrogen-bond acceptors (Lipinski definition) is 5. The third-order valence-corrected chi connectivity index (χ3v) is 4.35. The Hall–Kier alpha value is -2.37. The molecule has 0 radical (unpaired) electrons. The van der Waals surface area contributed by atoms with E-state index in [2.05, 4.69) is 10.1 Å². The number of para-hydroxylation sites is 1. The lowest BCUT2D eigenvalue weighted by atomic mass is 10.0. The van der Waals surface area contributed by atoms with Gasteiger partial charge in [-0.05, 0) is 37.8 Å². The third kappa shape index (κ3) is 3.58. The summed E-state index contributed by atoms with van der Waals surface area (Å²) in [6.07, 6.45) is 3.61. The molecule has 0 saturated carbocycles. The lowest BCUT2D eigenvalue weighted by Gasteiger charge is -2.33. The van der Waals surface area contributed by atoms with Crippen molar-refractivity contribution in [2.75, 3.05) is 13.2 Å². The number of nitrogens with zero attached hydrogens (tertiary/aromatic N) is 3. The molecule has 1 aliphatic heterocycles. The second-order valence-corrected chi connectivity index (χ2v) is 6.06. The molecule has 128 valence electrons. The molecule has 6 heteroatoms. The number of piperidine rings is 1. The van der Waals surface area contributed by atoms with Crippen LogP contribution in [-0.2, 0) is 11.2 Å². The highest BCUT2D eigenvalue weighted by atomic mass is 16.5. The topological polar surface area (TPSA) is 68.5 Å². The monoisotopic (exact) mass is 329 g/mol. The average Bonchev–Trinajstić information content (AvgIpc) is 3.10. The molecule has 1 aromatic heterocycles. The van der Waals surface area contributed by atoms with Gasteiger partial charge in [-0.1, -0.05) is 30.3 Å². The number of amides is 1. The number of hydrogen-bond donors (Lipinski definition) is 0. The van der Waals surface area contributed by atoms with Gasteiger partial charge < -0.3 is 14.2 Å². The molecule has 1 atom stereocenters. The van der Waals surface area contributed by atoms with Gasteiger partial charge >= 0.3 is 0 Å². The Labute approximate surface area is 141 Å². The molecule has 1 aliphatic rings. The molecule has 0 N–H and O–H groups in total. The summed E-state index contributed by atoms with van der Waals surface area (Å²) in [4.78, 5) is 18.9. The van der Waals surface area contributed by atoms with Crippen molar-refractivity contribution in [3.63, 3.8) is 0 Å². The summed E-state index contributed by atoms with van der Waals surface area (Å²) in [5, 5.41) is 3.95. The van der Waals surface area contributed by atoms with Crippen LogP contribution < -0.4 is 4.74 Å². The van der Waals surface area contributed by atoms with Crippen LogP contribution in [0.4, 0.5) is 0 Å². The van der Waals surface area contributed by atoms with Crippen molar-refractivity contribution in [2.45, 2.75) is 45.6 Å². The van der Waals surface area contributed by atoms with Gasteiger partial charge in [-0.15, -0.1) is 0 Å².